The average molecular weight is 332 g/mol. The molecule has 25 heavy (non-hydrogen) atoms. The number of aliphatic hydroxyl groups is 2. The first-order valence-electron chi connectivity index (χ1n) is 8.42. The first-order chi connectivity index (χ1) is 12.3. The number of fused-ring (bicyclic) bond motifs is 1. The summed E-state index contributed by atoms with van der Waals surface area (Å²) in [6, 6.07) is 23.8. The Hall–Kier alpha value is -2.46. The minimum absolute atomic E-state index is 0.0647. The van der Waals surface area contributed by atoms with Gasteiger partial charge in [-0.25, -0.2) is 0 Å². The Bertz CT molecular complexity index is 854. The van der Waals surface area contributed by atoms with Crippen LogP contribution >= 0.6 is 0 Å². The smallest absolute Gasteiger partial charge is 0.145 e. The Morgan fingerprint density at radius 3 is 1.72 bits per heavy atom. The molecule has 3 heteroatoms. The van der Waals surface area contributed by atoms with E-state index in [2.05, 4.69) is 12.1 Å². The summed E-state index contributed by atoms with van der Waals surface area (Å²) in [6.45, 7) is 0.366. The standard InChI is InChI=1S/C22H20O3/c23-13-16-7-1-4-10-19(16)22(20-11-5-2-8-17(20)14-24)21-12-6-3-9-18(21)15-25-22/h1-12,23-24H,13-15H2. The molecule has 0 saturated carbocycles. The molecule has 0 amide bonds. The molecule has 0 spiro atoms. The van der Waals surface area contributed by atoms with Crippen LogP contribution in [-0.2, 0) is 30.2 Å². The third-order valence-electron chi connectivity index (χ3n) is 4.97. The lowest BCUT2D eigenvalue weighted by Crippen LogP contribution is -2.31. The van der Waals surface area contributed by atoms with Crippen molar-refractivity contribution in [2.75, 3.05) is 0 Å². The average Bonchev–Trinajstić information content (AvgIpc) is 3.08. The van der Waals surface area contributed by atoms with Gasteiger partial charge in [-0.1, -0.05) is 72.8 Å². The molecule has 2 N–H and O–H groups in total. The molecule has 0 bridgehead atoms. The van der Waals surface area contributed by atoms with Crippen LogP contribution in [0.2, 0.25) is 0 Å². The highest BCUT2D eigenvalue weighted by Gasteiger charge is 2.45. The first kappa shape index (κ1) is 16.0. The summed E-state index contributed by atoms with van der Waals surface area (Å²) in [5, 5.41) is 19.8. The molecule has 0 atom stereocenters. The largest absolute Gasteiger partial charge is 0.392 e. The van der Waals surface area contributed by atoms with Crippen LogP contribution in [0.5, 0.6) is 0 Å². The maximum absolute atomic E-state index is 9.91. The van der Waals surface area contributed by atoms with Crippen molar-refractivity contribution in [2.24, 2.45) is 0 Å². The topological polar surface area (TPSA) is 49.7 Å². The lowest BCUT2D eigenvalue weighted by atomic mass is 9.76. The summed E-state index contributed by atoms with van der Waals surface area (Å²) >= 11 is 0. The Kier molecular flexibility index (Phi) is 4.14. The van der Waals surface area contributed by atoms with E-state index in [9.17, 15) is 10.2 Å². The lowest BCUT2D eigenvalue weighted by Gasteiger charge is -2.34. The van der Waals surface area contributed by atoms with Crippen molar-refractivity contribution < 1.29 is 14.9 Å². The quantitative estimate of drug-likeness (QED) is 0.769. The highest BCUT2D eigenvalue weighted by molar-refractivity contribution is 5.56. The molecule has 1 aliphatic rings. The number of hydrogen-bond donors (Lipinski definition) is 2. The third-order valence-corrected chi connectivity index (χ3v) is 4.97. The Labute approximate surface area is 147 Å². The van der Waals surface area contributed by atoms with Gasteiger partial charge >= 0.3 is 0 Å². The third kappa shape index (κ3) is 2.40. The fraction of sp³-hybridized carbons (Fsp3) is 0.182. The van der Waals surface area contributed by atoms with Gasteiger partial charge in [0, 0.05) is 0 Å². The number of rotatable bonds is 4. The van der Waals surface area contributed by atoms with Crippen LogP contribution < -0.4 is 0 Å². The SMILES string of the molecule is OCc1ccccc1C1(c2ccccc2CO)OCc2ccccc21. The minimum atomic E-state index is -0.824. The maximum atomic E-state index is 9.91. The summed E-state index contributed by atoms with van der Waals surface area (Å²) in [4.78, 5) is 0. The molecule has 0 unspecified atom stereocenters. The number of ether oxygens (including phenoxy) is 1. The predicted octanol–water partition coefficient (Wildman–Crippen LogP) is 3.49. The second-order valence-electron chi connectivity index (χ2n) is 6.26. The van der Waals surface area contributed by atoms with Crippen molar-refractivity contribution >= 4 is 0 Å². The zero-order valence-corrected chi connectivity index (χ0v) is 13.9. The van der Waals surface area contributed by atoms with E-state index < -0.39 is 5.60 Å². The fourth-order valence-corrected chi connectivity index (χ4v) is 3.85. The van der Waals surface area contributed by atoms with Gasteiger partial charge in [0.25, 0.3) is 0 Å². The van der Waals surface area contributed by atoms with Crippen molar-refractivity contribution in [3.05, 3.63) is 106 Å². The molecular formula is C22H20O3. The zero-order valence-electron chi connectivity index (χ0n) is 13.9. The highest BCUT2D eigenvalue weighted by atomic mass is 16.5. The summed E-state index contributed by atoms with van der Waals surface area (Å²) < 4.78 is 6.45. The van der Waals surface area contributed by atoms with Crippen molar-refractivity contribution in [3.8, 4) is 0 Å². The van der Waals surface area contributed by atoms with E-state index in [1.807, 2.05) is 60.7 Å². The van der Waals surface area contributed by atoms with E-state index in [1.165, 1.54) is 0 Å². The van der Waals surface area contributed by atoms with Crippen LogP contribution in [0.4, 0.5) is 0 Å². The highest BCUT2D eigenvalue weighted by Crippen LogP contribution is 2.48. The van der Waals surface area contributed by atoms with Crippen LogP contribution in [0.1, 0.15) is 33.4 Å². The Morgan fingerprint density at radius 2 is 1.16 bits per heavy atom. The van der Waals surface area contributed by atoms with Crippen LogP contribution in [0.3, 0.4) is 0 Å². The van der Waals surface area contributed by atoms with Crippen LogP contribution in [0, 0.1) is 0 Å². The van der Waals surface area contributed by atoms with Gasteiger partial charge in [0.2, 0.25) is 0 Å². The van der Waals surface area contributed by atoms with E-state index in [4.69, 9.17) is 4.74 Å². The number of benzene rings is 3. The van der Waals surface area contributed by atoms with Gasteiger partial charge in [-0.3, -0.25) is 0 Å². The Morgan fingerprint density at radius 1 is 0.680 bits per heavy atom. The van der Waals surface area contributed by atoms with Gasteiger partial charge in [0.05, 0.1) is 19.8 Å². The second kappa shape index (κ2) is 6.45. The van der Waals surface area contributed by atoms with E-state index in [0.717, 1.165) is 33.4 Å². The summed E-state index contributed by atoms with van der Waals surface area (Å²) in [6.07, 6.45) is 0. The molecule has 0 fully saturated rings. The van der Waals surface area contributed by atoms with E-state index in [0.29, 0.717) is 6.61 Å². The monoisotopic (exact) mass is 332 g/mol. The number of aliphatic hydroxyl groups excluding tert-OH is 2. The van der Waals surface area contributed by atoms with E-state index >= 15 is 0 Å². The van der Waals surface area contributed by atoms with Crippen LogP contribution in [0.15, 0.2) is 72.8 Å². The van der Waals surface area contributed by atoms with Gasteiger partial charge in [-0.15, -0.1) is 0 Å². The van der Waals surface area contributed by atoms with Crippen molar-refractivity contribution in [2.45, 2.75) is 25.4 Å². The summed E-state index contributed by atoms with van der Waals surface area (Å²) in [5.74, 6) is 0. The van der Waals surface area contributed by atoms with Crippen LogP contribution in [-0.4, -0.2) is 10.2 Å². The summed E-state index contributed by atoms with van der Waals surface area (Å²) in [5.41, 5.74) is 4.86. The normalized spacial score (nSPS) is 15.1. The maximum Gasteiger partial charge on any atom is 0.145 e. The Balaban J connectivity index is 2.08. The molecule has 4 rings (SSSR count). The minimum Gasteiger partial charge on any atom is -0.392 e. The lowest BCUT2D eigenvalue weighted by molar-refractivity contribution is 0.0239. The van der Waals surface area contributed by atoms with Gasteiger partial charge < -0.3 is 14.9 Å². The zero-order chi connectivity index (χ0) is 17.3. The molecule has 3 aromatic rings. The van der Waals surface area contributed by atoms with Crippen molar-refractivity contribution in [1.29, 1.82) is 0 Å². The van der Waals surface area contributed by atoms with Gasteiger partial charge in [-0.2, -0.15) is 0 Å². The molecule has 0 saturated heterocycles. The predicted molar refractivity (Wildman–Crippen MR) is 95.8 cm³/mol. The van der Waals surface area contributed by atoms with Crippen molar-refractivity contribution in [3.63, 3.8) is 0 Å². The molecule has 126 valence electrons. The fourth-order valence-electron chi connectivity index (χ4n) is 3.85. The number of hydrogen-bond acceptors (Lipinski definition) is 3. The van der Waals surface area contributed by atoms with Gasteiger partial charge in [0.15, 0.2) is 0 Å². The van der Waals surface area contributed by atoms with Gasteiger partial charge in [0.1, 0.15) is 5.60 Å². The molecule has 3 aromatic carbocycles. The molecular weight excluding hydrogens is 312 g/mol. The molecule has 0 radical (unpaired) electrons. The van der Waals surface area contributed by atoms with Crippen molar-refractivity contribution in [1.82, 2.24) is 0 Å². The van der Waals surface area contributed by atoms with E-state index in [1.54, 1.807) is 0 Å². The molecule has 1 heterocycles. The van der Waals surface area contributed by atoms with E-state index in [-0.39, 0.29) is 13.2 Å². The molecule has 3 nitrogen and oxygen atoms in total. The molecule has 1 aliphatic heterocycles. The van der Waals surface area contributed by atoms with Crippen LogP contribution in [0.25, 0.3) is 0 Å². The first-order valence-corrected chi connectivity index (χ1v) is 8.42. The molecule has 0 aromatic heterocycles. The molecule has 0 aliphatic carbocycles. The van der Waals surface area contributed by atoms with Gasteiger partial charge in [-0.05, 0) is 33.4 Å². The second-order valence-corrected chi connectivity index (χ2v) is 6.26. The summed E-state index contributed by atoms with van der Waals surface area (Å²) in [7, 11) is 0.